The van der Waals surface area contributed by atoms with Gasteiger partial charge < -0.3 is 8.98 Å². The van der Waals surface area contributed by atoms with Gasteiger partial charge in [0.15, 0.2) is 0 Å². The lowest BCUT2D eigenvalue weighted by Crippen LogP contribution is -2.01. The minimum atomic E-state index is 0.599. The largest absolute Gasteiger partial charge is 0.440 e. The van der Waals surface area contributed by atoms with Crippen LogP contribution in [0.1, 0.15) is 11.5 Å². The quantitative estimate of drug-likeness (QED) is 0.577. The van der Waals surface area contributed by atoms with Gasteiger partial charge in [0.05, 0.1) is 23.3 Å². The number of aromatic nitrogens is 4. The number of hydrogen-bond acceptors (Lipinski definition) is 4. The monoisotopic (exact) mass is 310 g/mol. The summed E-state index contributed by atoms with van der Waals surface area (Å²) in [7, 11) is 0. The minimum absolute atomic E-state index is 0.599. The maximum absolute atomic E-state index is 5.76. The molecule has 6 heteroatoms. The van der Waals surface area contributed by atoms with Gasteiger partial charge in [0.1, 0.15) is 11.5 Å². The maximum atomic E-state index is 5.76. The standard InChI is InChI=1S/C16H14N4OS/c1-12-14(18-16(21-12)15-5-4-8-22-15)11-20-10-13(9-17-20)19-6-2-3-7-19/h2-10H,11H2,1H3. The van der Waals surface area contributed by atoms with Gasteiger partial charge in [-0.1, -0.05) is 6.07 Å². The van der Waals surface area contributed by atoms with Crippen LogP contribution in [0.15, 0.2) is 58.9 Å². The second kappa shape index (κ2) is 5.31. The summed E-state index contributed by atoms with van der Waals surface area (Å²) in [6.45, 7) is 2.54. The van der Waals surface area contributed by atoms with E-state index in [0.29, 0.717) is 12.4 Å². The molecule has 4 heterocycles. The van der Waals surface area contributed by atoms with Crippen molar-refractivity contribution < 1.29 is 4.42 Å². The number of oxazole rings is 1. The SMILES string of the molecule is Cc1oc(-c2cccs2)nc1Cn1cc(-n2cccc2)cn1. The van der Waals surface area contributed by atoms with Crippen LogP contribution in [0, 0.1) is 6.92 Å². The van der Waals surface area contributed by atoms with Crippen molar-refractivity contribution >= 4 is 11.3 Å². The van der Waals surface area contributed by atoms with Gasteiger partial charge in [-0.3, -0.25) is 4.68 Å². The molecule has 0 spiro atoms. The molecule has 0 radical (unpaired) electrons. The van der Waals surface area contributed by atoms with E-state index in [4.69, 9.17) is 4.42 Å². The van der Waals surface area contributed by atoms with E-state index in [2.05, 4.69) is 10.1 Å². The Bertz CT molecular complexity index is 871. The molecular weight excluding hydrogens is 296 g/mol. The number of hydrogen-bond donors (Lipinski definition) is 0. The highest BCUT2D eigenvalue weighted by atomic mass is 32.1. The van der Waals surface area contributed by atoms with Crippen molar-refractivity contribution in [1.29, 1.82) is 0 Å². The Hall–Kier alpha value is -2.60. The Morgan fingerprint density at radius 3 is 2.86 bits per heavy atom. The zero-order chi connectivity index (χ0) is 14.9. The molecule has 0 amide bonds. The van der Waals surface area contributed by atoms with Crippen LogP contribution < -0.4 is 0 Å². The molecule has 0 saturated heterocycles. The van der Waals surface area contributed by atoms with E-state index in [0.717, 1.165) is 22.0 Å². The van der Waals surface area contributed by atoms with Crippen molar-refractivity contribution in [2.75, 3.05) is 0 Å². The summed E-state index contributed by atoms with van der Waals surface area (Å²) in [5.41, 5.74) is 1.94. The molecule has 0 atom stereocenters. The van der Waals surface area contributed by atoms with Gasteiger partial charge in [-0.2, -0.15) is 5.10 Å². The molecule has 4 aromatic rings. The summed E-state index contributed by atoms with van der Waals surface area (Å²) in [4.78, 5) is 5.64. The van der Waals surface area contributed by atoms with Crippen LogP contribution in [0.2, 0.25) is 0 Å². The normalized spacial score (nSPS) is 11.1. The first-order valence-electron chi connectivity index (χ1n) is 6.95. The topological polar surface area (TPSA) is 48.8 Å². The molecule has 5 nitrogen and oxygen atoms in total. The van der Waals surface area contributed by atoms with Gasteiger partial charge in [-0.25, -0.2) is 4.98 Å². The van der Waals surface area contributed by atoms with E-state index < -0.39 is 0 Å². The fraction of sp³-hybridized carbons (Fsp3) is 0.125. The predicted molar refractivity (Wildman–Crippen MR) is 85.2 cm³/mol. The molecule has 0 aromatic carbocycles. The smallest absolute Gasteiger partial charge is 0.236 e. The third-order valence-corrected chi connectivity index (χ3v) is 4.32. The molecule has 0 aliphatic heterocycles. The first-order chi connectivity index (χ1) is 10.8. The molecule has 0 fully saturated rings. The van der Waals surface area contributed by atoms with Gasteiger partial charge in [-0.05, 0) is 30.5 Å². The number of aryl methyl sites for hydroxylation is 1. The maximum Gasteiger partial charge on any atom is 0.236 e. The molecule has 0 aliphatic carbocycles. The average molecular weight is 310 g/mol. The molecule has 0 saturated carbocycles. The Kier molecular flexibility index (Phi) is 3.16. The van der Waals surface area contributed by atoms with Crippen LogP contribution in [-0.2, 0) is 6.54 Å². The molecular formula is C16H14N4OS. The lowest BCUT2D eigenvalue weighted by atomic mass is 10.3. The summed E-state index contributed by atoms with van der Waals surface area (Å²) >= 11 is 1.62. The van der Waals surface area contributed by atoms with Crippen molar-refractivity contribution in [2.45, 2.75) is 13.5 Å². The van der Waals surface area contributed by atoms with Crippen molar-refractivity contribution in [1.82, 2.24) is 19.3 Å². The molecule has 0 N–H and O–H groups in total. The zero-order valence-corrected chi connectivity index (χ0v) is 12.8. The van der Waals surface area contributed by atoms with Crippen LogP contribution in [0.5, 0.6) is 0 Å². The molecule has 22 heavy (non-hydrogen) atoms. The lowest BCUT2D eigenvalue weighted by molar-refractivity contribution is 0.537. The van der Waals surface area contributed by atoms with Crippen molar-refractivity contribution in [3.8, 4) is 16.5 Å². The van der Waals surface area contributed by atoms with E-state index in [1.54, 1.807) is 11.3 Å². The first-order valence-corrected chi connectivity index (χ1v) is 7.83. The van der Waals surface area contributed by atoms with E-state index in [1.165, 1.54) is 0 Å². The molecule has 0 unspecified atom stereocenters. The predicted octanol–water partition coefficient (Wildman–Crippen LogP) is 3.75. The third-order valence-electron chi connectivity index (χ3n) is 3.46. The molecule has 0 bridgehead atoms. The van der Waals surface area contributed by atoms with Gasteiger partial charge in [0, 0.05) is 18.6 Å². The Morgan fingerprint density at radius 2 is 2.09 bits per heavy atom. The van der Waals surface area contributed by atoms with Gasteiger partial charge >= 0.3 is 0 Å². The Balaban J connectivity index is 1.59. The van der Waals surface area contributed by atoms with Crippen LogP contribution in [0.25, 0.3) is 16.5 Å². The Labute approximate surface area is 131 Å². The van der Waals surface area contributed by atoms with Crippen LogP contribution in [-0.4, -0.2) is 19.3 Å². The molecule has 4 rings (SSSR count). The summed E-state index contributed by atoms with van der Waals surface area (Å²) in [6, 6.07) is 7.99. The first kappa shape index (κ1) is 13.1. The van der Waals surface area contributed by atoms with Crippen LogP contribution >= 0.6 is 11.3 Å². The number of rotatable bonds is 4. The highest BCUT2D eigenvalue weighted by Gasteiger charge is 2.13. The van der Waals surface area contributed by atoms with E-state index in [1.807, 2.05) is 70.6 Å². The lowest BCUT2D eigenvalue weighted by Gasteiger charge is -1.98. The number of thiophene rings is 1. The van der Waals surface area contributed by atoms with E-state index in [-0.39, 0.29) is 0 Å². The Morgan fingerprint density at radius 1 is 1.23 bits per heavy atom. The molecule has 0 aliphatic rings. The highest BCUT2D eigenvalue weighted by molar-refractivity contribution is 7.13. The fourth-order valence-corrected chi connectivity index (χ4v) is 2.96. The van der Waals surface area contributed by atoms with Gasteiger partial charge in [0.25, 0.3) is 0 Å². The fourth-order valence-electron chi connectivity index (χ4n) is 2.31. The molecule has 4 aromatic heterocycles. The van der Waals surface area contributed by atoms with Crippen molar-refractivity contribution in [3.05, 3.63) is 65.9 Å². The molecule has 110 valence electrons. The van der Waals surface area contributed by atoms with Crippen molar-refractivity contribution in [3.63, 3.8) is 0 Å². The highest BCUT2D eigenvalue weighted by Crippen LogP contribution is 2.26. The summed E-state index contributed by atoms with van der Waals surface area (Å²) in [5, 5.41) is 6.42. The second-order valence-corrected chi connectivity index (χ2v) is 5.93. The van der Waals surface area contributed by atoms with Crippen LogP contribution in [0.3, 0.4) is 0 Å². The minimum Gasteiger partial charge on any atom is -0.440 e. The van der Waals surface area contributed by atoms with Crippen LogP contribution in [0.4, 0.5) is 0 Å². The summed E-state index contributed by atoms with van der Waals surface area (Å²) < 4.78 is 9.66. The summed E-state index contributed by atoms with van der Waals surface area (Å²) in [6.07, 6.45) is 7.84. The zero-order valence-electron chi connectivity index (χ0n) is 12.0. The van der Waals surface area contributed by atoms with E-state index in [9.17, 15) is 0 Å². The van der Waals surface area contributed by atoms with E-state index >= 15 is 0 Å². The van der Waals surface area contributed by atoms with Crippen molar-refractivity contribution in [2.24, 2.45) is 0 Å². The van der Waals surface area contributed by atoms with Gasteiger partial charge in [-0.15, -0.1) is 11.3 Å². The van der Waals surface area contributed by atoms with Gasteiger partial charge in [0.2, 0.25) is 5.89 Å². The summed E-state index contributed by atoms with van der Waals surface area (Å²) in [5.74, 6) is 1.52. The average Bonchev–Trinajstić information content (AvgIpc) is 3.28. The number of nitrogens with zero attached hydrogens (tertiary/aromatic N) is 4. The third kappa shape index (κ3) is 2.37. The second-order valence-electron chi connectivity index (χ2n) is 4.99.